The van der Waals surface area contributed by atoms with Crippen molar-refractivity contribution >= 4 is 29.2 Å². The van der Waals surface area contributed by atoms with E-state index >= 15 is 0 Å². The predicted octanol–water partition coefficient (Wildman–Crippen LogP) is 0.533. The van der Waals surface area contributed by atoms with Crippen LogP contribution in [0.4, 0.5) is 0 Å². The van der Waals surface area contributed by atoms with Crippen LogP contribution in [0, 0.1) is 11.8 Å². The number of phenols is 1. The van der Waals surface area contributed by atoms with Crippen LogP contribution in [-0.2, 0) is 23.9 Å². The number of amides is 1. The molecular formula is C29H35N3O9. The Bertz CT molecular complexity index is 1390. The Morgan fingerprint density at radius 2 is 1.80 bits per heavy atom. The fraction of sp³-hybridized carbons (Fsp3) is 0.517. The lowest BCUT2D eigenvalue weighted by molar-refractivity contribution is -0.185. The van der Waals surface area contributed by atoms with Crippen LogP contribution in [0.5, 0.6) is 5.75 Å². The van der Waals surface area contributed by atoms with E-state index in [1.807, 2.05) is 0 Å². The predicted molar refractivity (Wildman–Crippen MR) is 145 cm³/mol. The molecule has 0 unspecified atom stereocenters. The summed E-state index contributed by atoms with van der Waals surface area (Å²) in [6.07, 6.45) is 0.636. The summed E-state index contributed by atoms with van der Waals surface area (Å²) in [7, 11) is 2.97. The van der Waals surface area contributed by atoms with E-state index in [0.29, 0.717) is 12.1 Å². The second-order valence-electron chi connectivity index (χ2n) is 11.6. The number of rotatable bonds is 6. The number of phenolic OH excluding ortho intramolecular Hbond substituents is 1. The Kier molecular flexibility index (Phi) is 7.21. The molecule has 1 aromatic carbocycles. The lowest BCUT2D eigenvalue weighted by Gasteiger charge is -2.54. The zero-order valence-corrected chi connectivity index (χ0v) is 23.2. The van der Waals surface area contributed by atoms with Gasteiger partial charge in [0, 0.05) is 18.0 Å². The van der Waals surface area contributed by atoms with Gasteiger partial charge in [0.1, 0.15) is 28.9 Å². The molecule has 1 aliphatic heterocycles. The molecule has 5 rings (SSSR count). The fourth-order valence-electron chi connectivity index (χ4n) is 7.15. The van der Waals surface area contributed by atoms with E-state index < -0.39 is 76.0 Å². The molecule has 0 spiro atoms. The fourth-order valence-corrected chi connectivity index (χ4v) is 7.15. The van der Waals surface area contributed by atoms with Gasteiger partial charge in [-0.25, -0.2) is 0 Å². The SMILES string of the molecule is C[C@H]1c2cccc(O)c2C(O)=C2C(=O)[C@]3(O)C(O)=C(C(N)=O)C(=O)[C@@H](N(C)C)[C@@H]3[C@@H](OC(=O)CCN3CCCC3)[C@@H]21. The number of ether oxygens (including phenoxy) is 1. The van der Waals surface area contributed by atoms with E-state index in [1.165, 1.54) is 25.1 Å². The number of fused-ring (bicyclic) bond motifs is 3. The first-order chi connectivity index (χ1) is 19.3. The second-order valence-corrected chi connectivity index (χ2v) is 11.6. The number of hydrogen-bond acceptors (Lipinski definition) is 11. The molecule has 6 atom stereocenters. The van der Waals surface area contributed by atoms with Gasteiger partial charge in [0.2, 0.25) is 5.78 Å². The topological polar surface area (TPSA) is 191 Å². The molecule has 12 nitrogen and oxygen atoms in total. The summed E-state index contributed by atoms with van der Waals surface area (Å²) < 4.78 is 6.03. The number of Topliss-reactive ketones (excluding diaryl/α,β-unsaturated/α-hetero) is 2. The maximum Gasteiger partial charge on any atom is 0.307 e. The number of hydrogen-bond donors (Lipinski definition) is 5. The number of esters is 1. The minimum absolute atomic E-state index is 0.00592. The molecule has 2 fully saturated rings. The number of carbonyl (C=O) groups excluding carboxylic acids is 4. The van der Waals surface area contributed by atoms with Crippen molar-refractivity contribution in [3.8, 4) is 5.75 Å². The van der Waals surface area contributed by atoms with Crippen molar-refractivity contribution in [3.05, 3.63) is 46.2 Å². The molecular weight excluding hydrogens is 534 g/mol. The van der Waals surface area contributed by atoms with Crippen LogP contribution in [0.3, 0.4) is 0 Å². The Balaban J connectivity index is 1.71. The molecule has 6 N–H and O–H groups in total. The summed E-state index contributed by atoms with van der Waals surface area (Å²) >= 11 is 0. The number of carbonyl (C=O) groups is 4. The third-order valence-electron chi connectivity index (χ3n) is 9.06. The third-order valence-corrected chi connectivity index (χ3v) is 9.06. The van der Waals surface area contributed by atoms with Crippen LogP contribution < -0.4 is 5.73 Å². The second kappa shape index (κ2) is 10.3. The zero-order chi connectivity index (χ0) is 30.0. The van der Waals surface area contributed by atoms with Gasteiger partial charge in [-0.1, -0.05) is 19.1 Å². The number of aromatic hydroxyl groups is 1. The van der Waals surface area contributed by atoms with E-state index in [0.717, 1.165) is 25.9 Å². The summed E-state index contributed by atoms with van der Waals surface area (Å²) in [5.41, 5.74) is 1.57. The molecule has 0 aromatic heterocycles. The zero-order valence-electron chi connectivity index (χ0n) is 23.2. The minimum atomic E-state index is -2.95. The Morgan fingerprint density at radius 3 is 2.41 bits per heavy atom. The molecule has 1 heterocycles. The molecule has 0 bridgehead atoms. The van der Waals surface area contributed by atoms with Crippen LogP contribution in [0.2, 0.25) is 0 Å². The van der Waals surface area contributed by atoms with Crippen LogP contribution in [0.25, 0.3) is 5.76 Å². The quantitative estimate of drug-likeness (QED) is 0.237. The number of ketones is 2. The highest BCUT2D eigenvalue weighted by Crippen LogP contribution is 2.56. The van der Waals surface area contributed by atoms with Crippen LogP contribution in [0.1, 0.15) is 43.2 Å². The van der Waals surface area contributed by atoms with Crippen molar-refractivity contribution in [2.45, 2.75) is 49.9 Å². The molecule has 1 aromatic rings. The number of likely N-dealkylation sites (N-methyl/N-ethyl adjacent to an activating group) is 1. The number of benzene rings is 1. The number of aliphatic hydroxyl groups excluding tert-OH is 2. The van der Waals surface area contributed by atoms with Gasteiger partial charge >= 0.3 is 5.97 Å². The van der Waals surface area contributed by atoms with Gasteiger partial charge < -0.3 is 35.8 Å². The summed E-state index contributed by atoms with van der Waals surface area (Å²) in [6, 6.07) is 3.15. The molecule has 0 radical (unpaired) electrons. The molecule has 41 heavy (non-hydrogen) atoms. The molecule has 1 saturated carbocycles. The van der Waals surface area contributed by atoms with Crippen molar-refractivity contribution in [3.63, 3.8) is 0 Å². The highest BCUT2D eigenvalue weighted by atomic mass is 16.5. The number of nitrogens with zero attached hydrogens (tertiary/aromatic N) is 2. The van der Waals surface area contributed by atoms with Crippen molar-refractivity contribution in [1.82, 2.24) is 9.80 Å². The van der Waals surface area contributed by atoms with Gasteiger partial charge in [0.05, 0.1) is 23.9 Å². The summed E-state index contributed by atoms with van der Waals surface area (Å²) in [4.78, 5) is 56.9. The summed E-state index contributed by atoms with van der Waals surface area (Å²) in [5, 5.41) is 45.3. The number of nitrogens with two attached hydrogens (primary N) is 1. The first kappa shape index (κ1) is 28.8. The molecule has 12 heteroatoms. The van der Waals surface area contributed by atoms with Gasteiger partial charge in [-0.3, -0.25) is 24.1 Å². The van der Waals surface area contributed by atoms with E-state index in [2.05, 4.69) is 4.90 Å². The van der Waals surface area contributed by atoms with Gasteiger partial charge in [0.25, 0.3) is 5.91 Å². The van der Waals surface area contributed by atoms with Gasteiger partial charge in [-0.15, -0.1) is 0 Å². The van der Waals surface area contributed by atoms with Crippen LogP contribution >= 0.6 is 0 Å². The third kappa shape index (κ3) is 4.23. The smallest absolute Gasteiger partial charge is 0.307 e. The molecule has 4 aliphatic rings. The lowest BCUT2D eigenvalue weighted by Crippen LogP contribution is -2.71. The average Bonchev–Trinajstić information content (AvgIpc) is 3.42. The Hall–Kier alpha value is -3.74. The summed E-state index contributed by atoms with van der Waals surface area (Å²) in [6.45, 7) is 3.84. The standard InChI is InChI=1S/C29H35N3O9/c1-13-14-7-6-8-15(33)18(14)23(35)19-17(13)25(41-16(34)9-12-32-10-4-5-11-32)21-22(31(2)3)24(36)20(28(30)39)27(38)29(21,40)26(19)37/h6-8,13,17,21-22,25,33,35,38,40H,4-5,9-12H2,1-3H3,(H2,30,39)/t13-,17+,21+,22-,25-,29-/m0/s1. The molecule has 3 aliphatic carbocycles. The van der Waals surface area contributed by atoms with Crippen molar-refractivity contribution in [2.75, 3.05) is 33.7 Å². The molecule has 1 saturated heterocycles. The molecule has 220 valence electrons. The number of likely N-dealkylation sites (tertiary alicyclic amines) is 1. The van der Waals surface area contributed by atoms with Crippen LogP contribution in [0.15, 0.2) is 35.1 Å². The van der Waals surface area contributed by atoms with Gasteiger partial charge in [-0.2, -0.15) is 0 Å². The molecule has 1 amide bonds. The van der Waals surface area contributed by atoms with Gasteiger partial charge in [-0.05, 0) is 57.6 Å². The highest BCUT2D eigenvalue weighted by molar-refractivity contribution is 6.24. The summed E-state index contributed by atoms with van der Waals surface area (Å²) in [5.74, 6) is -9.59. The van der Waals surface area contributed by atoms with E-state index in [4.69, 9.17) is 10.5 Å². The highest BCUT2D eigenvalue weighted by Gasteiger charge is 2.69. The van der Waals surface area contributed by atoms with E-state index in [9.17, 15) is 39.6 Å². The average molecular weight is 570 g/mol. The number of aliphatic hydroxyl groups is 3. The van der Waals surface area contributed by atoms with Crippen molar-refractivity contribution in [1.29, 1.82) is 0 Å². The van der Waals surface area contributed by atoms with Crippen molar-refractivity contribution < 1.29 is 44.3 Å². The first-order valence-corrected chi connectivity index (χ1v) is 13.7. The Morgan fingerprint density at radius 1 is 1.15 bits per heavy atom. The van der Waals surface area contributed by atoms with E-state index in [-0.39, 0.29) is 23.3 Å². The van der Waals surface area contributed by atoms with Crippen LogP contribution in [-0.4, -0.2) is 105 Å². The monoisotopic (exact) mass is 569 g/mol. The van der Waals surface area contributed by atoms with E-state index in [1.54, 1.807) is 19.1 Å². The number of primary amides is 1. The Labute approximate surface area is 236 Å². The normalized spacial score (nSPS) is 31.7. The largest absolute Gasteiger partial charge is 0.508 e. The first-order valence-electron chi connectivity index (χ1n) is 13.7. The van der Waals surface area contributed by atoms with Gasteiger partial charge in [0.15, 0.2) is 11.4 Å². The lowest BCUT2D eigenvalue weighted by atomic mass is 9.54. The maximum absolute atomic E-state index is 14.2. The maximum atomic E-state index is 14.2. The minimum Gasteiger partial charge on any atom is -0.508 e. The van der Waals surface area contributed by atoms with Crippen molar-refractivity contribution in [2.24, 2.45) is 17.6 Å².